The number of anilines is 1. The Labute approximate surface area is 162 Å². The molecule has 1 aromatic heterocycles. The lowest BCUT2D eigenvalue weighted by molar-refractivity contribution is -0.134. The molecular formula is C19H25N3O6. The third kappa shape index (κ3) is 5.98. The zero-order valence-electron chi connectivity index (χ0n) is 15.9. The summed E-state index contributed by atoms with van der Waals surface area (Å²) in [7, 11) is 1.58. The van der Waals surface area contributed by atoms with Gasteiger partial charge < -0.3 is 30.1 Å². The first kappa shape index (κ1) is 21.2. The number of carbonyl (C=O) groups is 2. The first-order valence-corrected chi connectivity index (χ1v) is 8.93. The average Bonchev–Trinajstić information content (AvgIpc) is 3.11. The summed E-state index contributed by atoms with van der Waals surface area (Å²) < 4.78 is 10.4. The summed E-state index contributed by atoms with van der Waals surface area (Å²) in [6.45, 7) is 3.76. The second kappa shape index (κ2) is 10.3. The van der Waals surface area contributed by atoms with E-state index in [-0.39, 0.29) is 17.1 Å². The normalized spacial score (nSPS) is 13.9. The van der Waals surface area contributed by atoms with Crippen LogP contribution in [0.2, 0.25) is 0 Å². The highest BCUT2D eigenvalue weighted by Crippen LogP contribution is 2.30. The van der Waals surface area contributed by atoms with Crippen LogP contribution in [0.15, 0.2) is 28.8 Å². The molecule has 1 saturated heterocycles. The van der Waals surface area contributed by atoms with Crippen molar-refractivity contribution < 1.29 is 29.1 Å². The summed E-state index contributed by atoms with van der Waals surface area (Å²) in [5.74, 6) is -0.159. The van der Waals surface area contributed by atoms with Crippen LogP contribution in [0.3, 0.4) is 0 Å². The fraction of sp³-hybridized carbons (Fsp3) is 0.421. The number of carboxylic acids is 2. The van der Waals surface area contributed by atoms with Crippen LogP contribution in [-0.2, 0) is 4.79 Å². The van der Waals surface area contributed by atoms with Crippen molar-refractivity contribution in [2.45, 2.75) is 19.8 Å². The molecule has 3 rings (SSSR count). The zero-order chi connectivity index (χ0) is 20.5. The van der Waals surface area contributed by atoms with E-state index >= 15 is 0 Å². The summed E-state index contributed by atoms with van der Waals surface area (Å²) in [6, 6.07) is 7.02. The minimum atomic E-state index is -1.06. The molecule has 1 aliphatic heterocycles. The number of ether oxygens (including phenoxy) is 1. The third-order valence-corrected chi connectivity index (χ3v) is 4.28. The van der Waals surface area contributed by atoms with Crippen molar-refractivity contribution in [2.75, 3.05) is 32.1 Å². The van der Waals surface area contributed by atoms with E-state index < -0.39 is 11.9 Å². The summed E-state index contributed by atoms with van der Waals surface area (Å²) in [5, 5.41) is 27.4. The molecule has 0 radical (unpaired) electrons. The van der Waals surface area contributed by atoms with Gasteiger partial charge in [0.05, 0.1) is 7.11 Å². The SMILES string of the molecule is CC(=O)O.COc1ccc(-c2onc(NCC3CCNCC3)c2C(=O)O)cc1. The van der Waals surface area contributed by atoms with Gasteiger partial charge in [-0.2, -0.15) is 0 Å². The Bertz CT molecular complexity index is 777. The highest BCUT2D eigenvalue weighted by molar-refractivity contribution is 5.99. The Morgan fingerprint density at radius 1 is 1.25 bits per heavy atom. The molecule has 0 spiro atoms. The maximum atomic E-state index is 11.7. The first-order chi connectivity index (χ1) is 13.4. The van der Waals surface area contributed by atoms with E-state index in [0.717, 1.165) is 32.9 Å². The molecule has 28 heavy (non-hydrogen) atoms. The Morgan fingerprint density at radius 2 is 1.86 bits per heavy atom. The molecule has 0 aliphatic carbocycles. The summed E-state index contributed by atoms with van der Waals surface area (Å²) >= 11 is 0. The standard InChI is InChI=1S/C17H21N3O4.C2H4O2/c1-23-13-4-2-12(3-5-13)15-14(17(21)22)16(20-24-15)19-10-11-6-8-18-9-7-11;1-2(3)4/h2-5,11,18H,6-10H2,1H3,(H,19,20)(H,21,22);1H3,(H,3,4). The number of nitrogens with one attached hydrogen (secondary N) is 2. The van der Waals surface area contributed by atoms with Gasteiger partial charge in [0.15, 0.2) is 17.1 Å². The molecule has 1 aromatic carbocycles. The quantitative estimate of drug-likeness (QED) is 0.586. The molecule has 2 heterocycles. The van der Waals surface area contributed by atoms with Crippen LogP contribution in [0, 0.1) is 5.92 Å². The van der Waals surface area contributed by atoms with E-state index in [0.29, 0.717) is 23.8 Å². The van der Waals surface area contributed by atoms with Gasteiger partial charge in [0.2, 0.25) is 0 Å². The number of hydrogen-bond acceptors (Lipinski definition) is 7. The maximum absolute atomic E-state index is 11.7. The topological polar surface area (TPSA) is 134 Å². The van der Waals surface area contributed by atoms with Crippen LogP contribution in [0.25, 0.3) is 11.3 Å². The number of rotatable bonds is 6. The molecule has 0 atom stereocenters. The van der Waals surface area contributed by atoms with Gasteiger partial charge in [0.25, 0.3) is 5.97 Å². The van der Waals surface area contributed by atoms with Gasteiger partial charge in [-0.3, -0.25) is 4.79 Å². The van der Waals surface area contributed by atoms with Crippen molar-refractivity contribution in [3.05, 3.63) is 29.8 Å². The van der Waals surface area contributed by atoms with Gasteiger partial charge >= 0.3 is 5.97 Å². The van der Waals surface area contributed by atoms with E-state index in [4.69, 9.17) is 19.2 Å². The van der Waals surface area contributed by atoms with Crippen molar-refractivity contribution in [3.63, 3.8) is 0 Å². The van der Waals surface area contributed by atoms with Crippen LogP contribution < -0.4 is 15.4 Å². The Kier molecular flexibility index (Phi) is 7.82. The molecule has 0 unspecified atom stereocenters. The van der Waals surface area contributed by atoms with Gasteiger partial charge in [-0.25, -0.2) is 4.79 Å². The van der Waals surface area contributed by atoms with Crippen LogP contribution in [0.5, 0.6) is 5.75 Å². The molecular weight excluding hydrogens is 366 g/mol. The highest BCUT2D eigenvalue weighted by Gasteiger charge is 2.24. The van der Waals surface area contributed by atoms with E-state index in [1.54, 1.807) is 31.4 Å². The molecule has 0 saturated carbocycles. The lowest BCUT2D eigenvalue weighted by Crippen LogP contribution is -2.31. The number of hydrogen-bond donors (Lipinski definition) is 4. The van der Waals surface area contributed by atoms with Gasteiger partial charge in [0.1, 0.15) is 5.75 Å². The van der Waals surface area contributed by atoms with Crippen molar-refractivity contribution >= 4 is 17.8 Å². The van der Waals surface area contributed by atoms with Gasteiger partial charge in [-0.1, -0.05) is 5.16 Å². The largest absolute Gasteiger partial charge is 0.497 e. The number of nitrogens with zero attached hydrogens (tertiary/aromatic N) is 1. The van der Waals surface area contributed by atoms with Crippen molar-refractivity contribution in [2.24, 2.45) is 5.92 Å². The predicted molar refractivity (Wildman–Crippen MR) is 103 cm³/mol. The number of piperidine rings is 1. The van der Waals surface area contributed by atoms with Gasteiger partial charge in [-0.15, -0.1) is 0 Å². The molecule has 9 nitrogen and oxygen atoms in total. The second-order valence-electron chi connectivity index (χ2n) is 6.36. The Morgan fingerprint density at radius 3 is 2.39 bits per heavy atom. The van der Waals surface area contributed by atoms with Gasteiger partial charge in [0, 0.05) is 19.0 Å². The second-order valence-corrected chi connectivity index (χ2v) is 6.36. The number of aliphatic carboxylic acids is 1. The van der Waals surface area contributed by atoms with Crippen LogP contribution in [-0.4, -0.2) is 54.1 Å². The fourth-order valence-corrected chi connectivity index (χ4v) is 2.88. The Hall–Kier alpha value is -3.07. The minimum absolute atomic E-state index is 0.0640. The lowest BCUT2D eigenvalue weighted by Gasteiger charge is -2.22. The molecule has 2 aromatic rings. The predicted octanol–water partition coefficient (Wildman–Crippen LogP) is 2.55. The summed E-state index contributed by atoms with van der Waals surface area (Å²) in [5.41, 5.74) is 0.713. The zero-order valence-corrected chi connectivity index (χ0v) is 15.9. The number of benzene rings is 1. The van der Waals surface area contributed by atoms with Crippen molar-refractivity contribution in [1.29, 1.82) is 0 Å². The molecule has 0 bridgehead atoms. The molecule has 152 valence electrons. The van der Waals surface area contributed by atoms with Crippen LogP contribution >= 0.6 is 0 Å². The highest BCUT2D eigenvalue weighted by atomic mass is 16.5. The molecule has 0 amide bonds. The maximum Gasteiger partial charge on any atom is 0.343 e. The minimum Gasteiger partial charge on any atom is -0.497 e. The molecule has 4 N–H and O–H groups in total. The van der Waals surface area contributed by atoms with Crippen molar-refractivity contribution in [1.82, 2.24) is 10.5 Å². The summed E-state index contributed by atoms with van der Waals surface area (Å²) in [4.78, 5) is 20.7. The lowest BCUT2D eigenvalue weighted by atomic mass is 9.98. The van der Waals surface area contributed by atoms with Crippen LogP contribution in [0.1, 0.15) is 30.1 Å². The van der Waals surface area contributed by atoms with E-state index in [2.05, 4.69) is 15.8 Å². The average molecular weight is 391 g/mol. The van der Waals surface area contributed by atoms with E-state index in [1.807, 2.05) is 0 Å². The summed E-state index contributed by atoms with van der Waals surface area (Å²) in [6.07, 6.45) is 2.14. The number of carboxylic acid groups (broad SMARTS) is 2. The van der Waals surface area contributed by atoms with Crippen molar-refractivity contribution in [3.8, 4) is 17.1 Å². The fourth-order valence-electron chi connectivity index (χ4n) is 2.88. The van der Waals surface area contributed by atoms with E-state index in [9.17, 15) is 9.90 Å². The number of aromatic nitrogens is 1. The molecule has 9 heteroatoms. The number of aromatic carboxylic acids is 1. The van der Waals surface area contributed by atoms with Crippen LogP contribution in [0.4, 0.5) is 5.82 Å². The smallest absolute Gasteiger partial charge is 0.343 e. The number of methoxy groups -OCH3 is 1. The molecule has 1 fully saturated rings. The van der Waals surface area contributed by atoms with E-state index in [1.165, 1.54) is 0 Å². The first-order valence-electron chi connectivity index (χ1n) is 8.93. The molecule has 1 aliphatic rings. The Balaban J connectivity index is 0.000000640. The monoisotopic (exact) mass is 391 g/mol. The third-order valence-electron chi connectivity index (χ3n) is 4.28. The van der Waals surface area contributed by atoms with Gasteiger partial charge in [-0.05, 0) is 56.1 Å².